The summed E-state index contributed by atoms with van der Waals surface area (Å²) in [4.78, 5) is 3.35. The third-order valence-corrected chi connectivity index (χ3v) is 5.07. The summed E-state index contributed by atoms with van der Waals surface area (Å²) >= 11 is 0. The summed E-state index contributed by atoms with van der Waals surface area (Å²) in [6.45, 7) is 4.00. The van der Waals surface area contributed by atoms with Crippen molar-refractivity contribution in [3.05, 3.63) is 60.7 Å². The largest absolute Gasteiger partial charge is 0.491 e. The van der Waals surface area contributed by atoms with Gasteiger partial charge in [-0.05, 0) is 30.3 Å². The number of aromatic nitrogens is 2. The number of ether oxygens (including phenoxy) is 1. The average molecular weight is 399 g/mol. The van der Waals surface area contributed by atoms with Gasteiger partial charge < -0.3 is 24.1 Å². The highest BCUT2D eigenvalue weighted by Crippen LogP contribution is 2.22. The van der Waals surface area contributed by atoms with Crippen LogP contribution in [-0.2, 0) is 0 Å². The van der Waals surface area contributed by atoms with E-state index < -0.39 is 6.10 Å². The van der Waals surface area contributed by atoms with Crippen LogP contribution in [0.15, 0.2) is 59.3 Å². The third kappa shape index (κ3) is 4.90. The summed E-state index contributed by atoms with van der Waals surface area (Å²) in [6.07, 6.45) is 0.693. The van der Waals surface area contributed by atoms with Gasteiger partial charge in [0.25, 0.3) is 0 Å². The maximum absolute atomic E-state index is 13.9. The van der Waals surface area contributed by atoms with Gasteiger partial charge in [0.2, 0.25) is 12.3 Å². The molecule has 0 amide bonds. The van der Waals surface area contributed by atoms with Gasteiger partial charge in [-0.3, -0.25) is 0 Å². The van der Waals surface area contributed by atoms with Gasteiger partial charge in [-0.1, -0.05) is 18.2 Å². The first-order valence-corrected chi connectivity index (χ1v) is 9.69. The lowest BCUT2D eigenvalue weighted by molar-refractivity contribution is -0.903. The minimum absolute atomic E-state index is 0.188. The highest BCUT2D eigenvalue weighted by Gasteiger charge is 2.24. The minimum atomic E-state index is -0.586. The molecule has 2 aromatic carbocycles. The number of hydrogen-bond acceptors (Lipinski definition) is 6. The molecule has 0 unspecified atom stereocenters. The number of nitrogens with one attached hydrogen (secondary N) is 1. The zero-order chi connectivity index (χ0) is 20.1. The second kappa shape index (κ2) is 9.02. The number of aliphatic hydroxyl groups excluding tert-OH is 1. The monoisotopic (exact) mass is 399 g/mol. The van der Waals surface area contributed by atoms with Gasteiger partial charge in [-0.2, -0.15) is 0 Å². The fourth-order valence-electron chi connectivity index (χ4n) is 3.58. The summed E-state index contributed by atoms with van der Waals surface area (Å²) in [5.74, 6) is 0.874. The molecular weight excluding hydrogens is 375 g/mol. The molecule has 3 aromatic rings. The van der Waals surface area contributed by atoms with E-state index in [9.17, 15) is 9.50 Å². The molecule has 1 atom stereocenters. The van der Waals surface area contributed by atoms with Crippen molar-refractivity contribution in [2.75, 3.05) is 44.2 Å². The van der Waals surface area contributed by atoms with Crippen LogP contribution in [0.25, 0.3) is 11.5 Å². The number of nitrogens with zero attached hydrogens (tertiary/aromatic N) is 3. The standard InChI is InChI=1S/C21H23FN4O3/c22-19-6-1-2-7-20(19)26-10-8-25(9-11-26)13-17(27)14-28-18-5-3-4-16(12-18)21-24-23-15-29-21/h1-7,12,15,17,27H,8-11,13-14H2/p+1/t17-/m1/s1. The molecule has 1 aliphatic rings. The number of rotatable bonds is 7. The van der Waals surface area contributed by atoms with Crippen LogP contribution in [-0.4, -0.2) is 60.7 Å². The maximum Gasteiger partial charge on any atom is 0.247 e. The number of para-hydroxylation sites is 1. The van der Waals surface area contributed by atoms with Crippen molar-refractivity contribution < 1.29 is 23.6 Å². The lowest BCUT2D eigenvalue weighted by atomic mass is 10.2. The van der Waals surface area contributed by atoms with Gasteiger partial charge in [-0.15, -0.1) is 10.2 Å². The van der Waals surface area contributed by atoms with Crippen LogP contribution in [0.3, 0.4) is 0 Å². The van der Waals surface area contributed by atoms with Crippen LogP contribution in [0.4, 0.5) is 10.1 Å². The van der Waals surface area contributed by atoms with Crippen LogP contribution in [0.5, 0.6) is 5.75 Å². The summed E-state index contributed by atoms with van der Waals surface area (Å²) < 4.78 is 24.9. The fourth-order valence-corrected chi connectivity index (χ4v) is 3.58. The minimum Gasteiger partial charge on any atom is -0.491 e. The number of quaternary nitrogens is 1. The Morgan fingerprint density at radius 3 is 2.76 bits per heavy atom. The van der Waals surface area contributed by atoms with Crippen LogP contribution in [0.2, 0.25) is 0 Å². The molecule has 0 bridgehead atoms. The molecule has 1 aliphatic heterocycles. The maximum atomic E-state index is 13.9. The number of halogens is 1. The van der Waals surface area contributed by atoms with E-state index in [0.717, 1.165) is 31.7 Å². The number of anilines is 1. The predicted molar refractivity (Wildman–Crippen MR) is 105 cm³/mol. The zero-order valence-electron chi connectivity index (χ0n) is 16.0. The van der Waals surface area contributed by atoms with Gasteiger partial charge in [0.05, 0.1) is 31.9 Å². The van der Waals surface area contributed by atoms with Gasteiger partial charge in [0.15, 0.2) is 0 Å². The molecule has 8 heteroatoms. The Morgan fingerprint density at radius 1 is 1.17 bits per heavy atom. The Labute approximate surface area is 168 Å². The third-order valence-electron chi connectivity index (χ3n) is 5.07. The summed E-state index contributed by atoms with van der Waals surface area (Å²) in [5.41, 5.74) is 1.42. The van der Waals surface area contributed by atoms with Gasteiger partial charge in [0, 0.05) is 5.56 Å². The van der Waals surface area contributed by atoms with E-state index in [0.29, 0.717) is 23.9 Å². The molecule has 2 N–H and O–H groups in total. The highest BCUT2D eigenvalue weighted by molar-refractivity contribution is 5.55. The molecule has 1 saturated heterocycles. The Morgan fingerprint density at radius 2 is 2.00 bits per heavy atom. The molecular formula is C21H24FN4O3+. The lowest BCUT2D eigenvalue weighted by Gasteiger charge is -2.34. The van der Waals surface area contributed by atoms with E-state index >= 15 is 0 Å². The van der Waals surface area contributed by atoms with Crippen LogP contribution in [0.1, 0.15) is 0 Å². The summed E-state index contributed by atoms with van der Waals surface area (Å²) in [5, 5.41) is 17.9. The van der Waals surface area contributed by atoms with Crippen molar-refractivity contribution in [1.29, 1.82) is 0 Å². The topological polar surface area (TPSA) is 76.1 Å². The lowest BCUT2D eigenvalue weighted by Crippen LogP contribution is -3.16. The van der Waals surface area contributed by atoms with Crippen LogP contribution < -0.4 is 14.5 Å². The van der Waals surface area contributed by atoms with Crippen molar-refractivity contribution in [3.8, 4) is 17.2 Å². The zero-order valence-corrected chi connectivity index (χ0v) is 16.0. The Kier molecular flexibility index (Phi) is 6.02. The van der Waals surface area contributed by atoms with E-state index in [1.807, 2.05) is 30.3 Å². The summed E-state index contributed by atoms with van der Waals surface area (Å²) in [7, 11) is 0. The molecule has 0 aliphatic carbocycles. The summed E-state index contributed by atoms with van der Waals surface area (Å²) in [6, 6.07) is 14.2. The van der Waals surface area contributed by atoms with Crippen molar-refractivity contribution >= 4 is 5.69 Å². The first-order chi connectivity index (χ1) is 14.2. The van der Waals surface area contributed by atoms with Crippen molar-refractivity contribution in [1.82, 2.24) is 10.2 Å². The second-order valence-electron chi connectivity index (χ2n) is 7.13. The molecule has 1 aromatic heterocycles. The first kappa shape index (κ1) is 19.4. The van der Waals surface area contributed by atoms with E-state index in [2.05, 4.69) is 15.1 Å². The Bertz CT molecular complexity index is 914. The number of hydrogen-bond donors (Lipinski definition) is 2. The quantitative estimate of drug-likeness (QED) is 0.618. The molecule has 2 heterocycles. The molecule has 0 spiro atoms. The molecule has 7 nitrogen and oxygen atoms in total. The molecule has 29 heavy (non-hydrogen) atoms. The Hall–Kier alpha value is -2.97. The average Bonchev–Trinajstić information content (AvgIpc) is 3.29. The van der Waals surface area contributed by atoms with Crippen LogP contribution in [0, 0.1) is 5.82 Å². The van der Waals surface area contributed by atoms with E-state index in [4.69, 9.17) is 9.15 Å². The predicted octanol–water partition coefficient (Wildman–Crippen LogP) is 1.02. The van der Waals surface area contributed by atoms with Gasteiger partial charge in [-0.25, -0.2) is 4.39 Å². The SMILES string of the molecule is O[C@@H](COc1cccc(-c2nnco2)c1)C[NH+]1CCN(c2ccccc2F)CC1. The van der Waals surface area contributed by atoms with E-state index in [1.165, 1.54) is 17.4 Å². The molecule has 0 radical (unpaired) electrons. The number of piperazine rings is 1. The second-order valence-corrected chi connectivity index (χ2v) is 7.13. The van der Waals surface area contributed by atoms with Crippen molar-refractivity contribution in [2.45, 2.75) is 6.10 Å². The van der Waals surface area contributed by atoms with Gasteiger partial charge in [0.1, 0.15) is 30.8 Å². The molecule has 1 fully saturated rings. The molecule has 152 valence electrons. The van der Waals surface area contributed by atoms with E-state index in [1.54, 1.807) is 12.1 Å². The molecule has 4 rings (SSSR count). The van der Waals surface area contributed by atoms with E-state index in [-0.39, 0.29) is 12.4 Å². The Balaban J connectivity index is 1.24. The van der Waals surface area contributed by atoms with Crippen molar-refractivity contribution in [2.24, 2.45) is 0 Å². The number of aliphatic hydroxyl groups is 1. The van der Waals surface area contributed by atoms with Crippen molar-refractivity contribution in [3.63, 3.8) is 0 Å². The normalized spacial score (nSPS) is 16.0. The number of benzene rings is 2. The molecule has 0 saturated carbocycles. The highest BCUT2D eigenvalue weighted by atomic mass is 19.1. The smallest absolute Gasteiger partial charge is 0.247 e. The fraction of sp³-hybridized carbons (Fsp3) is 0.333. The van der Waals surface area contributed by atoms with Gasteiger partial charge >= 0.3 is 0 Å². The van der Waals surface area contributed by atoms with Crippen LogP contribution >= 0.6 is 0 Å². The first-order valence-electron chi connectivity index (χ1n) is 9.69.